The van der Waals surface area contributed by atoms with Gasteiger partial charge in [0.05, 0.1) is 4.92 Å². The van der Waals surface area contributed by atoms with Gasteiger partial charge in [-0.1, -0.05) is 5.16 Å². The van der Waals surface area contributed by atoms with Crippen molar-refractivity contribution in [3.63, 3.8) is 0 Å². The van der Waals surface area contributed by atoms with Gasteiger partial charge in [-0.15, -0.1) is 0 Å². The lowest BCUT2D eigenvalue weighted by Crippen LogP contribution is -2.13. The molecule has 2 aromatic rings. The standard InChI is InChI=1S/C11H15N7O3/c1-3-12-11-16-7(2)9(18(19)20)10(17-11)13-5-4-8-14-6-15-21-8/h6H,3-5H2,1-2H3,(H2,12,13,16,17). The van der Waals surface area contributed by atoms with Crippen LogP contribution in [0.5, 0.6) is 0 Å². The largest absolute Gasteiger partial charge is 0.364 e. The van der Waals surface area contributed by atoms with Gasteiger partial charge >= 0.3 is 5.69 Å². The lowest BCUT2D eigenvalue weighted by Gasteiger charge is -2.09. The predicted octanol–water partition coefficient (Wildman–Crippen LogP) is 1.16. The summed E-state index contributed by atoms with van der Waals surface area (Å²) in [6.45, 7) is 4.47. The Balaban J connectivity index is 2.16. The van der Waals surface area contributed by atoms with Crippen molar-refractivity contribution in [2.75, 3.05) is 23.7 Å². The molecule has 0 aromatic carbocycles. The molecule has 2 heterocycles. The van der Waals surface area contributed by atoms with Crippen LogP contribution in [0.2, 0.25) is 0 Å². The summed E-state index contributed by atoms with van der Waals surface area (Å²) in [6, 6.07) is 0. The Morgan fingerprint density at radius 2 is 2.19 bits per heavy atom. The molecule has 10 heteroatoms. The number of nitrogens with zero attached hydrogens (tertiary/aromatic N) is 5. The van der Waals surface area contributed by atoms with Gasteiger partial charge in [-0.25, -0.2) is 4.98 Å². The quantitative estimate of drug-likeness (QED) is 0.570. The first-order chi connectivity index (χ1) is 10.1. The third-order valence-electron chi connectivity index (χ3n) is 2.61. The lowest BCUT2D eigenvalue weighted by molar-refractivity contribution is -0.385. The first kappa shape index (κ1) is 14.6. The fourth-order valence-electron chi connectivity index (χ4n) is 1.74. The van der Waals surface area contributed by atoms with Crippen molar-refractivity contribution in [2.45, 2.75) is 20.3 Å². The number of rotatable bonds is 7. The first-order valence-corrected chi connectivity index (χ1v) is 6.38. The van der Waals surface area contributed by atoms with E-state index in [9.17, 15) is 10.1 Å². The number of nitro groups is 1. The summed E-state index contributed by atoms with van der Waals surface area (Å²) in [7, 11) is 0. The molecule has 21 heavy (non-hydrogen) atoms. The minimum absolute atomic E-state index is 0.137. The molecule has 0 unspecified atom stereocenters. The van der Waals surface area contributed by atoms with E-state index < -0.39 is 4.92 Å². The number of nitrogens with one attached hydrogen (secondary N) is 2. The summed E-state index contributed by atoms with van der Waals surface area (Å²) in [5.74, 6) is 0.965. The van der Waals surface area contributed by atoms with E-state index in [0.29, 0.717) is 37.0 Å². The molecule has 0 saturated carbocycles. The van der Waals surface area contributed by atoms with E-state index in [-0.39, 0.29) is 11.5 Å². The Kier molecular flexibility index (Phi) is 4.59. The molecular formula is C11H15N7O3. The van der Waals surface area contributed by atoms with Crippen LogP contribution in [0, 0.1) is 17.0 Å². The number of aromatic nitrogens is 4. The van der Waals surface area contributed by atoms with E-state index >= 15 is 0 Å². The maximum absolute atomic E-state index is 11.1. The molecule has 0 amide bonds. The molecule has 0 saturated heterocycles. The van der Waals surface area contributed by atoms with Gasteiger partial charge in [-0.2, -0.15) is 9.97 Å². The number of anilines is 2. The van der Waals surface area contributed by atoms with E-state index in [1.165, 1.54) is 6.33 Å². The maximum Gasteiger partial charge on any atom is 0.332 e. The molecule has 0 spiro atoms. The summed E-state index contributed by atoms with van der Waals surface area (Å²) in [6.07, 6.45) is 1.74. The van der Waals surface area contributed by atoms with Crippen LogP contribution < -0.4 is 10.6 Å². The van der Waals surface area contributed by atoms with Gasteiger partial charge in [0.15, 0.2) is 6.33 Å². The first-order valence-electron chi connectivity index (χ1n) is 6.38. The van der Waals surface area contributed by atoms with Crippen LogP contribution in [0.3, 0.4) is 0 Å². The van der Waals surface area contributed by atoms with Crippen LogP contribution in [0.1, 0.15) is 18.5 Å². The third kappa shape index (κ3) is 3.61. The third-order valence-corrected chi connectivity index (χ3v) is 2.61. The van der Waals surface area contributed by atoms with Crippen LogP contribution in [0.25, 0.3) is 0 Å². The Labute approximate surface area is 120 Å². The zero-order valence-electron chi connectivity index (χ0n) is 11.7. The Hall–Kier alpha value is -2.78. The molecule has 0 aliphatic carbocycles. The molecule has 112 valence electrons. The lowest BCUT2D eigenvalue weighted by atomic mass is 10.3. The molecule has 0 fully saturated rings. The maximum atomic E-state index is 11.1. The zero-order valence-corrected chi connectivity index (χ0v) is 11.7. The number of hydrogen-bond donors (Lipinski definition) is 2. The van der Waals surface area contributed by atoms with Gasteiger partial charge in [-0.3, -0.25) is 10.1 Å². The van der Waals surface area contributed by atoms with Gasteiger partial charge in [0.1, 0.15) is 5.69 Å². The van der Waals surface area contributed by atoms with Crippen LogP contribution in [-0.2, 0) is 6.42 Å². The van der Waals surface area contributed by atoms with Gasteiger partial charge in [0, 0.05) is 19.5 Å². The average Bonchev–Trinajstić information content (AvgIpc) is 2.91. The van der Waals surface area contributed by atoms with Gasteiger partial charge in [0.2, 0.25) is 17.7 Å². The average molecular weight is 293 g/mol. The van der Waals surface area contributed by atoms with Crippen molar-refractivity contribution in [3.05, 3.63) is 28.0 Å². The summed E-state index contributed by atoms with van der Waals surface area (Å²) in [5, 5.41) is 20.5. The van der Waals surface area contributed by atoms with Crippen LogP contribution in [-0.4, -0.2) is 38.1 Å². The van der Waals surface area contributed by atoms with Crippen molar-refractivity contribution in [3.8, 4) is 0 Å². The highest BCUT2D eigenvalue weighted by molar-refractivity contribution is 5.60. The fraction of sp³-hybridized carbons (Fsp3) is 0.455. The van der Waals surface area contributed by atoms with Gasteiger partial charge in [0.25, 0.3) is 0 Å². The van der Waals surface area contributed by atoms with Crippen LogP contribution >= 0.6 is 0 Å². The summed E-state index contributed by atoms with van der Waals surface area (Å²) < 4.78 is 4.86. The minimum Gasteiger partial charge on any atom is -0.364 e. The summed E-state index contributed by atoms with van der Waals surface area (Å²) in [4.78, 5) is 22.7. The molecule has 10 nitrogen and oxygen atoms in total. The highest BCUT2D eigenvalue weighted by Gasteiger charge is 2.21. The molecule has 2 rings (SSSR count). The van der Waals surface area contributed by atoms with Crippen molar-refractivity contribution in [1.82, 2.24) is 20.1 Å². The molecule has 0 atom stereocenters. The number of aryl methyl sites for hydroxylation is 1. The second-order valence-corrected chi connectivity index (χ2v) is 4.13. The van der Waals surface area contributed by atoms with Crippen LogP contribution in [0.15, 0.2) is 10.9 Å². The Morgan fingerprint density at radius 3 is 2.81 bits per heavy atom. The second-order valence-electron chi connectivity index (χ2n) is 4.13. The van der Waals surface area contributed by atoms with Crippen molar-refractivity contribution in [1.29, 1.82) is 0 Å². The highest BCUT2D eigenvalue weighted by Crippen LogP contribution is 2.26. The fourth-order valence-corrected chi connectivity index (χ4v) is 1.74. The normalized spacial score (nSPS) is 10.4. The summed E-state index contributed by atoms with van der Waals surface area (Å²) in [5.41, 5.74) is 0.161. The van der Waals surface area contributed by atoms with E-state index in [1.54, 1.807) is 6.92 Å². The molecule has 0 aliphatic rings. The van der Waals surface area contributed by atoms with Crippen molar-refractivity contribution < 1.29 is 9.45 Å². The topological polar surface area (TPSA) is 132 Å². The van der Waals surface area contributed by atoms with E-state index in [0.717, 1.165) is 0 Å². The van der Waals surface area contributed by atoms with Gasteiger partial charge < -0.3 is 15.2 Å². The highest BCUT2D eigenvalue weighted by atomic mass is 16.6. The Morgan fingerprint density at radius 1 is 1.38 bits per heavy atom. The number of hydrogen-bond acceptors (Lipinski definition) is 9. The van der Waals surface area contributed by atoms with Crippen molar-refractivity contribution >= 4 is 17.5 Å². The molecule has 0 aliphatic heterocycles. The smallest absolute Gasteiger partial charge is 0.332 e. The van der Waals surface area contributed by atoms with E-state index in [1.807, 2.05) is 6.92 Å². The van der Waals surface area contributed by atoms with E-state index in [2.05, 4.69) is 30.7 Å². The van der Waals surface area contributed by atoms with Gasteiger partial charge in [-0.05, 0) is 13.8 Å². The molecule has 0 bridgehead atoms. The minimum atomic E-state index is -0.500. The summed E-state index contributed by atoms with van der Waals surface area (Å²) >= 11 is 0. The SMILES string of the molecule is CCNc1nc(C)c([N+](=O)[O-])c(NCCc2ncno2)n1. The van der Waals surface area contributed by atoms with Crippen LogP contribution in [0.4, 0.5) is 17.5 Å². The molecule has 2 N–H and O–H groups in total. The monoisotopic (exact) mass is 293 g/mol. The zero-order chi connectivity index (χ0) is 15.2. The van der Waals surface area contributed by atoms with E-state index in [4.69, 9.17) is 4.52 Å². The molecule has 2 aromatic heterocycles. The van der Waals surface area contributed by atoms with Crippen molar-refractivity contribution in [2.24, 2.45) is 0 Å². The molecule has 0 radical (unpaired) electrons. The molecular weight excluding hydrogens is 278 g/mol. The second kappa shape index (κ2) is 6.59. The predicted molar refractivity (Wildman–Crippen MR) is 74.1 cm³/mol. The Bertz CT molecular complexity index is 615.